The average molecular weight is 386 g/mol. The molecule has 1 aromatic heterocycles. The molecule has 7 nitrogen and oxygen atoms in total. The van der Waals surface area contributed by atoms with E-state index in [-0.39, 0.29) is 29.3 Å². The number of carbonyl (C=O) groups excluding carboxylic acids is 2. The van der Waals surface area contributed by atoms with Crippen molar-refractivity contribution in [3.63, 3.8) is 0 Å². The number of rotatable bonds is 5. The fourth-order valence-electron chi connectivity index (χ4n) is 3.12. The summed E-state index contributed by atoms with van der Waals surface area (Å²) in [4.78, 5) is 44.6. The maximum atomic E-state index is 12.8. The van der Waals surface area contributed by atoms with Gasteiger partial charge in [-0.25, -0.2) is 4.98 Å². The lowest BCUT2D eigenvalue weighted by Gasteiger charge is -2.23. The number of carbonyl (C=O) groups is 2. The number of hydrogen-bond donors (Lipinski definition) is 3. The van der Waals surface area contributed by atoms with E-state index in [0.717, 1.165) is 23.3 Å². The minimum Gasteiger partial charge on any atom is -0.326 e. The van der Waals surface area contributed by atoms with E-state index in [1.54, 1.807) is 0 Å². The normalized spacial score (nSPS) is 15.8. The zero-order valence-corrected chi connectivity index (χ0v) is 16.3. The third-order valence-corrected chi connectivity index (χ3v) is 5.26. The number of anilines is 2. The van der Waals surface area contributed by atoms with Crippen LogP contribution < -0.4 is 16.2 Å². The fraction of sp³-hybridized carbons (Fsp3) is 0.368. The fourth-order valence-corrected chi connectivity index (χ4v) is 3.84. The molecule has 0 aliphatic carbocycles. The Kier molecular flexibility index (Phi) is 5.65. The number of H-pyrrole nitrogens is 1. The van der Waals surface area contributed by atoms with Gasteiger partial charge >= 0.3 is 0 Å². The number of nitrogens with one attached hydrogen (secondary N) is 3. The Balaban J connectivity index is 1.92. The summed E-state index contributed by atoms with van der Waals surface area (Å²) in [7, 11) is 0. The molecule has 2 aromatic rings. The standard InChI is InChI=1S/C19H22N4O3S/c1-4-5-27-19-22-16-15(18(26)23-19)13(9-14(24)21-16)17(25)20-12-7-10(2)6-11(3)8-12/h6-8,13H,4-5,9H2,1-3H3,(H,20,25)(H2,21,22,23,24,26)/t13-/m0/s1. The number of aryl methyl sites for hydroxylation is 2. The van der Waals surface area contributed by atoms with Crippen LogP contribution >= 0.6 is 11.8 Å². The number of aromatic amines is 1. The molecule has 0 radical (unpaired) electrons. The molecule has 0 fully saturated rings. The largest absolute Gasteiger partial charge is 0.326 e. The topological polar surface area (TPSA) is 104 Å². The van der Waals surface area contributed by atoms with Gasteiger partial charge in [0, 0.05) is 17.9 Å². The summed E-state index contributed by atoms with van der Waals surface area (Å²) >= 11 is 1.41. The van der Waals surface area contributed by atoms with Crippen molar-refractivity contribution < 1.29 is 9.59 Å². The van der Waals surface area contributed by atoms with E-state index in [1.807, 2.05) is 39.0 Å². The Bertz CT molecular complexity index is 934. The first-order valence-electron chi connectivity index (χ1n) is 8.83. The molecule has 0 spiro atoms. The van der Waals surface area contributed by atoms with Crippen molar-refractivity contribution in [2.24, 2.45) is 0 Å². The molecule has 2 amide bonds. The number of thioether (sulfide) groups is 1. The van der Waals surface area contributed by atoms with Crippen molar-refractivity contribution in [3.8, 4) is 0 Å². The molecule has 1 aliphatic rings. The van der Waals surface area contributed by atoms with Crippen molar-refractivity contribution in [1.29, 1.82) is 0 Å². The maximum Gasteiger partial charge on any atom is 0.257 e. The third kappa shape index (κ3) is 4.39. The highest BCUT2D eigenvalue weighted by molar-refractivity contribution is 7.99. The van der Waals surface area contributed by atoms with E-state index in [9.17, 15) is 14.4 Å². The van der Waals surface area contributed by atoms with Crippen LogP contribution in [0.4, 0.5) is 11.5 Å². The van der Waals surface area contributed by atoms with E-state index in [1.165, 1.54) is 11.8 Å². The van der Waals surface area contributed by atoms with Crippen LogP contribution in [0.25, 0.3) is 0 Å². The van der Waals surface area contributed by atoms with Gasteiger partial charge in [-0.3, -0.25) is 14.4 Å². The average Bonchev–Trinajstić information content (AvgIpc) is 2.57. The first kappa shape index (κ1) is 19.2. The molecular formula is C19H22N4O3S. The second kappa shape index (κ2) is 7.96. The van der Waals surface area contributed by atoms with Gasteiger partial charge in [0.05, 0.1) is 11.5 Å². The van der Waals surface area contributed by atoms with Crippen LogP contribution in [0.15, 0.2) is 28.2 Å². The Labute approximate surface area is 161 Å². The summed E-state index contributed by atoms with van der Waals surface area (Å²) in [6, 6.07) is 5.70. The molecule has 3 N–H and O–H groups in total. The molecule has 2 heterocycles. The van der Waals surface area contributed by atoms with Crippen molar-refractivity contribution in [3.05, 3.63) is 45.2 Å². The van der Waals surface area contributed by atoms with Gasteiger partial charge in [-0.1, -0.05) is 24.8 Å². The molecule has 1 atom stereocenters. The second-order valence-corrected chi connectivity index (χ2v) is 7.74. The lowest BCUT2D eigenvalue weighted by Crippen LogP contribution is -2.36. The van der Waals surface area contributed by atoms with Crippen molar-refractivity contribution in [2.45, 2.75) is 44.7 Å². The highest BCUT2D eigenvalue weighted by Gasteiger charge is 2.34. The molecule has 0 saturated carbocycles. The summed E-state index contributed by atoms with van der Waals surface area (Å²) in [5, 5.41) is 5.89. The summed E-state index contributed by atoms with van der Waals surface area (Å²) < 4.78 is 0. The molecule has 0 unspecified atom stereocenters. The highest BCUT2D eigenvalue weighted by atomic mass is 32.2. The van der Waals surface area contributed by atoms with E-state index in [4.69, 9.17) is 0 Å². The molecule has 0 saturated heterocycles. The van der Waals surface area contributed by atoms with Gasteiger partial charge in [-0.15, -0.1) is 0 Å². The quantitative estimate of drug-likeness (QED) is 0.541. The van der Waals surface area contributed by atoms with Crippen LogP contribution in [0.2, 0.25) is 0 Å². The summed E-state index contributed by atoms with van der Waals surface area (Å²) in [6.07, 6.45) is 0.842. The van der Waals surface area contributed by atoms with E-state index in [2.05, 4.69) is 20.6 Å². The number of aromatic nitrogens is 2. The van der Waals surface area contributed by atoms with Gasteiger partial charge in [0.15, 0.2) is 5.16 Å². The monoisotopic (exact) mass is 386 g/mol. The van der Waals surface area contributed by atoms with Crippen LogP contribution in [0.5, 0.6) is 0 Å². The van der Waals surface area contributed by atoms with Crippen LogP contribution in [-0.4, -0.2) is 27.5 Å². The summed E-state index contributed by atoms with van der Waals surface area (Å²) in [6.45, 7) is 5.91. The molecular weight excluding hydrogens is 364 g/mol. The number of nitrogens with zero attached hydrogens (tertiary/aromatic N) is 1. The maximum absolute atomic E-state index is 12.8. The Morgan fingerprint density at radius 1 is 1.26 bits per heavy atom. The molecule has 8 heteroatoms. The molecule has 3 rings (SSSR count). The number of fused-ring (bicyclic) bond motifs is 1. The molecule has 27 heavy (non-hydrogen) atoms. The van der Waals surface area contributed by atoms with Gasteiger partial charge < -0.3 is 15.6 Å². The Morgan fingerprint density at radius 2 is 1.96 bits per heavy atom. The van der Waals surface area contributed by atoms with Crippen molar-refractivity contribution in [1.82, 2.24) is 9.97 Å². The van der Waals surface area contributed by atoms with Gasteiger partial charge in [0.25, 0.3) is 5.56 Å². The van der Waals surface area contributed by atoms with Crippen LogP contribution in [0.3, 0.4) is 0 Å². The van der Waals surface area contributed by atoms with Crippen LogP contribution in [0.1, 0.15) is 42.4 Å². The molecule has 142 valence electrons. The second-order valence-electron chi connectivity index (χ2n) is 6.65. The number of benzene rings is 1. The first-order valence-corrected chi connectivity index (χ1v) is 9.82. The predicted octanol–water partition coefficient (Wildman–Crippen LogP) is 2.95. The van der Waals surface area contributed by atoms with Crippen LogP contribution in [-0.2, 0) is 9.59 Å². The zero-order chi connectivity index (χ0) is 19.6. The number of amides is 2. The predicted molar refractivity (Wildman–Crippen MR) is 106 cm³/mol. The smallest absolute Gasteiger partial charge is 0.257 e. The van der Waals surface area contributed by atoms with Gasteiger partial charge in [-0.05, 0) is 43.5 Å². The number of hydrogen-bond acceptors (Lipinski definition) is 5. The SMILES string of the molecule is CCCSc1nc2c(c(=O)[nH]1)[C@@H](C(=O)Nc1cc(C)cc(C)c1)CC(=O)N2. The lowest BCUT2D eigenvalue weighted by molar-refractivity contribution is -0.123. The lowest BCUT2D eigenvalue weighted by atomic mass is 9.92. The zero-order valence-electron chi connectivity index (χ0n) is 15.5. The molecule has 0 bridgehead atoms. The van der Waals surface area contributed by atoms with E-state index < -0.39 is 11.8 Å². The van der Waals surface area contributed by atoms with Gasteiger partial charge in [-0.2, -0.15) is 0 Å². The highest BCUT2D eigenvalue weighted by Crippen LogP contribution is 2.30. The Hall–Kier alpha value is -2.61. The minimum absolute atomic E-state index is 0.0875. The third-order valence-electron chi connectivity index (χ3n) is 4.18. The van der Waals surface area contributed by atoms with Gasteiger partial charge in [0.2, 0.25) is 11.8 Å². The first-order chi connectivity index (χ1) is 12.9. The minimum atomic E-state index is -0.879. The van der Waals surface area contributed by atoms with Crippen molar-refractivity contribution in [2.75, 3.05) is 16.4 Å². The van der Waals surface area contributed by atoms with E-state index in [0.29, 0.717) is 10.8 Å². The van der Waals surface area contributed by atoms with Crippen LogP contribution in [0, 0.1) is 13.8 Å². The summed E-state index contributed by atoms with van der Waals surface area (Å²) in [5.41, 5.74) is 2.49. The Morgan fingerprint density at radius 3 is 2.63 bits per heavy atom. The van der Waals surface area contributed by atoms with E-state index >= 15 is 0 Å². The molecule has 1 aliphatic heterocycles. The summed E-state index contributed by atoms with van der Waals surface area (Å²) in [5.74, 6) is -0.623. The van der Waals surface area contributed by atoms with Crippen molar-refractivity contribution >= 4 is 35.1 Å². The molecule has 1 aromatic carbocycles. The van der Waals surface area contributed by atoms with Gasteiger partial charge in [0.1, 0.15) is 5.82 Å².